The fourth-order valence-electron chi connectivity index (χ4n) is 0.928. The molecule has 13 heavy (non-hydrogen) atoms. The zero-order chi connectivity index (χ0) is 9.84. The number of nitrogen functional groups attached to an aromatic ring is 1. The lowest BCUT2D eigenvalue weighted by Gasteiger charge is -2.02. The molecule has 0 fully saturated rings. The van der Waals surface area contributed by atoms with Gasteiger partial charge in [-0.2, -0.15) is 0 Å². The summed E-state index contributed by atoms with van der Waals surface area (Å²) >= 11 is 0. The second kappa shape index (κ2) is 3.84. The van der Waals surface area contributed by atoms with E-state index in [-0.39, 0.29) is 12.2 Å². The molecule has 1 heterocycles. The molecule has 0 aliphatic carbocycles. The Morgan fingerprint density at radius 2 is 2.38 bits per heavy atom. The van der Waals surface area contributed by atoms with Gasteiger partial charge in [0.05, 0.1) is 6.42 Å². The lowest BCUT2D eigenvalue weighted by Crippen LogP contribution is -2.07. The quantitative estimate of drug-likeness (QED) is 0.697. The maximum Gasteiger partial charge on any atom is 0.308 e. The zero-order valence-electron chi connectivity index (χ0n) is 7.32. The molecular weight excluding hydrogens is 170 g/mol. The summed E-state index contributed by atoms with van der Waals surface area (Å²) in [5.74, 6) is -0.0413. The molecule has 0 aliphatic rings. The fourth-order valence-corrected chi connectivity index (χ4v) is 0.928. The van der Waals surface area contributed by atoms with Crippen LogP contribution in [0.4, 0.5) is 5.82 Å². The Hall–Kier alpha value is -1.65. The number of aliphatic carboxylic acids is 1. The number of carbonyl (C=O) groups is 1. The van der Waals surface area contributed by atoms with Gasteiger partial charge in [0.1, 0.15) is 11.6 Å². The highest BCUT2D eigenvalue weighted by Crippen LogP contribution is 2.08. The third kappa shape index (κ3) is 2.40. The van der Waals surface area contributed by atoms with Crippen LogP contribution in [0.3, 0.4) is 0 Å². The molecule has 70 valence electrons. The number of nitrogens with two attached hydrogens (primary N) is 1. The first-order chi connectivity index (χ1) is 6.13. The molecule has 1 rings (SSSR count). The number of aryl methyl sites for hydroxylation is 1. The molecule has 5 heteroatoms. The van der Waals surface area contributed by atoms with Crippen molar-refractivity contribution in [3.8, 4) is 0 Å². The highest BCUT2D eigenvalue weighted by molar-refractivity contribution is 5.71. The molecule has 0 amide bonds. The second-order valence-corrected chi connectivity index (χ2v) is 2.62. The van der Waals surface area contributed by atoms with Gasteiger partial charge in [-0.25, -0.2) is 9.97 Å². The maximum atomic E-state index is 10.4. The van der Waals surface area contributed by atoms with Gasteiger partial charge in [0, 0.05) is 18.2 Å². The summed E-state index contributed by atoms with van der Waals surface area (Å²) < 4.78 is 0. The Kier molecular flexibility index (Phi) is 2.79. The van der Waals surface area contributed by atoms with E-state index < -0.39 is 5.97 Å². The Bertz CT molecular complexity index is 325. The van der Waals surface area contributed by atoms with Crippen molar-refractivity contribution in [2.75, 3.05) is 5.73 Å². The number of hydrogen-bond donors (Lipinski definition) is 2. The first-order valence-corrected chi connectivity index (χ1v) is 3.95. The number of rotatable bonds is 3. The summed E-state index contributed by atoms with van der Waals surface area (Å²) in [6.45, 7) is 1.91. The van der Waals surface area contributed by atoms with E-state index in [1.165, 1.54) is 6.20 Å². The standard InChI is InChI=1S/C8H11N3O2/c1-2-6-10-4-5(3-7(12)13)8(9)11-6/h4H,2-3H2,1H3,(H,12,13)(H2,9,10,11). The number of nitrogens with zero attached hydrogens (tertiary/aromatic N) is 2. The van der Waals surface area contributed by atoms with Gasteiger partial charge in [0.25, 0.3) is 0 Å². The largest absolute Gasteiger partial charge is 0.481 e. The second-order valence-electron chi connectivity index (χ2n) is 2.62. The van der Waals surface area contributed by atoms with E-state index >= 15 is 0 Å². The van der Waals surface area contributed by atoms with Crippen molar-refractivity contribution in [1.29, 1.82) is 0 Å². The molecular formula is C8H11N3O2. The number of carboxylic acids is 1. The number of hydrogen-bond acceptors (Lipinski definition) is 4. The molecule has 0 atom stereocenters. The minimum atomic E-state index is -0.931. The summed E-state index contributed by atoms with van der Waals surface area (Å²) in [4.78, 5) is 18.3. The van der Waals surface area contributed by atoms with Crippen molar-refractivity contribution >= 4 is 11.8 Å². The van der Waals surface area contributed by atoms with Gasteiger partial charge in [0.2, 0.25) is 0 Å². The maximum absolute atomic E-state index is 10.4. The molecule has 0 bridgehead atoms. The molecule has 1 aromatic heterocycles. The number of carboxylic acid groups (broad SMARTS) is 1. The highest BCUT2D eigenvalue weighted by atomic mass is 16.4. The van der Waals surface area contributed by atoms with Crippen LogP contribution >= 0.6 is 0 Å². The van der Waals surface area contributed by atoms with E-state index in [0.29, 0.717) is 17.8 Å². The van der Waals surface area contributed by atoms with E-state index in [1.54, 1.807) is 0 Å². The molecule has 0 unspecified atom stereocenters. The van der Waals surface area contributed by atoms with Gasteiger partial charge >= 0.3 is 5.97 Å². The molecule has 1 aromatic rings. The minimum Gasteiger partial charge on any atom is -0.481 e. The molecule has 0 aromatic carbocycles. The Labute approximate surface area is 75.6 Å². The van der Waals surface area contributed by atoms with Gasteiger partial charge in [0.15, 0.2) is 0 Å². The molecule has 0 saturated carbocycles. The Balaban J connectivity index is 2.91. The van der Waals surface area contributed by atoms with Crippen LogP contribution in [0.15, 0.2) is 6.20 Å². The third-order valence-electron chi connectivity index (χ3n) is 1.61. The normalized spacial score (nSPS) is 9.92. The molecule has 0 spiro atoms. The predicted molar refractivity (Wildman–Crippen MR) is 47.2 cm³/mol. The minimum absolute atomic E-state index is 0.129. The van der Waals surface area contributed by atoms with Crippen molar-refractivity contribution < 1.29 is 9.90 Å². The summed E-state index contributed by atoms with van der Waals surface area (Å²) in [6, 6.07) is 0. The van der Waals surface area contributed by atoms with Crippen molar-refractivity contribution in [2.24, 2.45) is 0 Å². The lowest BCUT2D eigenvalue weighted by atomic mass is 10.2. The van der Waals surface area contributed by atoms with Gasteiger partial charge in [-0.1, -0.05) is 6.92 Å². The lowest BCUT2D eigenvalue weighted by molar-refractivity contribution is -0.136. The Morgan fingerprint density at radius 1 is 1.69 bits per heavy atom. The number of aromatic nitrogens is 2. The topological polar surface area (TPSA) is 89.1 Å². The van der Waals surface area contributed by atoms with Crippen molar-refractivity contribution in [3.05, 3.63) is 17.6 Å². The van der Waals surface area contributed by atoms with Crippen LogP contribution in [0.25, 0.3) is 0 Å². The predicted octanol–water partition coefficient (Wildman–Crippen LogP) is 0.248. The summed E-state index contributed by atoms with van der Waals surface area (Å²) in [5, 5.41) is 8.51. The third-order valence-corrected chi connectivity index (χ3v) is 1.61. The van der Waals surface area contributed by atoms with Gasteiger partial charge in [-0.05, 0) is 0 Å². The van der Waals surface area contributed by atoms with E-state index in [9.17, 15) is 4.79 Å². The fraction of sp³-hybridized carbons (Fsp3) is 0.375. The molecule has 0 saturated heterocycles. The van der Waals surface area contributed by atoms with E-state index in [2.05, 4.69) is 9.97 Å². The average Bonchev–Trinajstić information content (AvgIpc) is 2.08. The van der Waals surface area contributed by atoms with Crippen molar-refractivity contribution in [1.82, 2.24) is 9.97 Å². The van der Waals surface area contributed by atoms with E-state index in [1.807, 2.05) is 6.92 Å². The van der Waals surface area contributed by atoms with Crippen LogP contribution in [0.2, 0.25) is 0 Å². The van der Waals surface area contributed by atoms with Crippen LogP contribution < -0.4 is 5.73 Å². The average molecular weight is 181 g/mol. The van der Waals surface area contributed by atoms with Crippen LogP contribution in [-0.2, 0) is 17.6 Å². The first kappa shape index (κ1) is 9.44. The molecule has 0 aliphatic heterocycles. The van der Waals surface area contributed by atoms with Gasteiger partial charge in [-0.3, -0.25) is 4.79 Å². The molecule has 5 nitrogen and oxygen atoms in total. The smallest absolute Gasteiger partial charge is 0.308 e. The summed E-state index contributed by atoms with van der Waals surface area (Å²) in [7, 11) is 0. The van der Waals surface area contributed by atoms with Crippen LogP contribution in [0.1, 0.15) is 18.3 Å². The van der Waals surface area contributed by atoms with Crippen LogP contribution in [0, 0.1) is 0 Å². The van der Waals surface area contributed by atoms with E-state index in [4.69, 9.17) is 10.8 Å². The summed E-state index contributed by atoms with van der Waals surface area (Å²) in [5.41, 5.74) is 5.99. The molecule has 0 radical (unpaired) electrons. The molecule has 3 N–H and O–H groups in total. The van der Waals surface area contributed by atoms with Crippen LogP contribution in [-0.4, -0.2) is 21.0 Å². The summed E-state index contributed by atoms with van der Waals surface area (Å²) in [6.07, 6.45) is 2.03. The zero-order valence-corrected chi connectivity index (χ0v) is 7.32. The first-order valence-electron chi connectivity index (χ1n) is 3.95. The highest BCUT2D eigenvalue weighted by Gasteiger charge is 2.06. The Morgan fingerprint density at radius 3 is 2.85 bits per heavy atom. The SMILES string of the molecule is CCc1ncc(CC(=O)O)c(N)n1. The van der Waals surface area contributed by atoms with E-state index in [0.717, 1.165) is 0 Å². The number of anilines is 1. The van der Waals surface area contributed by atoms with Gasteiger partial charge < -0.3 is 10.8 Å². The van der Waals surface area contributed by atoms with Crippen molar-refractivity contribution in [3.63, 3.8) is 0 Å². The van der Waals surface area contributed by atoms with Crippen molar-refractivity contribution in [2.45, 2.75) is 19.8 Å². The van der Waals surface area contributed by atoms with Crippen LogP contribution in [0.5, 0.6) is 0 Å². The van der Waals surface area contributed by atoms with Gasteiger partial charge in [-0.15, -0.1) is 0 Å². The monoisotopic (exact) mass is 181 g/mol.